The second-order valence-corrected chi connectivity index (χ2v) is 5.23. The summed E-state index contributed by atoms with van der Waals surface area (Å²) in [7, 11) is -3.53. The van der Waals surface area contributed by atoms with Gasteiger partial charge in [0.15, 0.2) is 0 Å². The van der Waals surface area contributed by atoms with Crippen molar-refractivity contribution in [2.75, 3.05) is 19.6 Å². The Morgan fingerprint density at radius 1 is 1.54 bits per heavy atom. The smallest absolute Gasteiger partial charge is 0.277 e. The molecule has 13 heavy (non-hydrogen) atoms. The number of nitrogens with zero attached hydrogens (tertiary/aromatic N) is 1. The molecule has 0 aliphatic carbocycles. The monoisotopic (exact) mass is 207 g/mol. The second-order valence-electron chi connectivity index (χ2n) is 3.73. The fourth-order valence-electron chi connectivity index (χ4n) is 1.34. The highest BCUT2D eigenvalue weighted by Crippen LogP contribution is 2.10. The van der Waals surface area contributed by atoms with Crippen molar-refractivity contribution in [3.8, 4) is 0 Å². The summed E-state index contributed by atoms with van der Waals surface area (Å²) in [4.78, 5) is 0. The van der Waals surface area contributed by atoms with Crippen molar-refractivity contribution in [1.29, 1.82) is 0 Å². The number of nitrogens with one attached hydrogen (secondary N) is 1. The Hall–Kier alpha value is -0.170. The Morgan fingerprint density at radius 2 is 2.08 bits per heavy atom. The van der Waals surface area contributed by atoms with Crippen LogP contribution in [0.3, 0.4) is 0 Å². The predicted octanol–water partition coefficient (Wildman–Crippen LogP) is -0.880. The van der Waals surface area contributed by atoms with Gasteiger partial charge in [0.25, 0.3) is 10.2 Å². The SMILES string of the molecule is CC(C)N(CC1CNC1)S(N)(=O)=O. The van der Waals surface area contributed by atoms with Crippen LogP contribution in [0.2, 0.25) is 0 Å². The molecule has 0 bridgehead atoms. The van der Waals surface area contributed by atoms with Crippen LogP contribution in [-0.2, 0) is 10.2 Å². The zero-order valence-electron chi connectivity index (χ0n) is 8.03. The molecule has 3 N–H and O–H groups in total. The molecule has 5 nitrogen and oxygen atoms in total. The zero-order chi connectivity index (χ0) is 10.1. The van der Waals surface area contributed by atoms with Gasteiger partial charge in [0.2, 0.25) is 0 Å². The largest absolute Gasteiger partial charge is 0.316 e. The van der Waals surface area contributed by atoms with Gasteiger partial charge >= 0.3 is 0 Å². The minimum absolute atomic E-state index is 0.0596. The molecule has 0 aromatic heterocycles. The third kappa shape index (κ3) is 2.91. The zero-order valence-corrected chi connectivity index (χ0v) is 8.84. The van der Waals surface area contributed by atoms with Crippen LogP contribution in [0.1, 0.15) is 13.8 Å². The lowest BCUT2D eigenvalue weighted by Crippen LogP contribution is -2.52. The topological polar surface area (TPSA) is 75.4 Å². The molecule has 0 atom stereocenters. The van der Waals surface area contributed by atoms with Crippen LogP contribution in [0.5, 0.6) is 0 Å². The van der Waals surface area contributed by atoms with Crippen LogP contribution >= 0.6 is 0 Å². The molecule has 1 aliphatic rings. The van der Waals surface area contributed by atoms with Gasteiger partial charge in [0.1, 0.15) is 0 Å². The van der Waals surface area contributed by atoms with Gasteiger partial charge < -0.3 is 5.32 Å². The van der Waals surface area contributed by atoms with Crippen LogP contribution in [0, 0.1) is 5.92 Å². The summed E-state index contributed by atoms with van der Waals surface area (Å²) >= 11 is 0. The van der Waals surface area contributed by atoms with E-state index in [1.54, 1.807) is 0 Å². The molecule has 1 heterocycles. The lowest BCUT2D eigenvalue weighted by atomic mass is 10.0. The average Bonchev–Trinajstić information content (AvgIpc) is 1.79. The normalized spacial score (nSPS) is 19.5. The maximum absolute atomic E-state index is 11.1. The van der Waals surface area contributed by atoms with Crippen molar-refractivity contribution in [3.63, 3.8) is 0 Å². The molecule has 6 heteroatoms. The molecule has 0 aromatic rings. The van der Waals surface area contributed by atoms with E-state index in [1.165, 1.54) is 4.31 Å². The van der Waals surface area contributed by atoms with E-state index < -0.39 is 10.2 Å². The number of hydrogen-bond donors (Lipinski definition) is 2. The van der Waals surface area contributed by atoms with E-state index >= 15 is 0 Å². The Morgan fingerprint density at radius 3 is 2.31 bits per heavy atom. The summed E-state index contributed by atoms with van der Waals surface area (Å²) in [5.74, 6) is 0.417. The highest BCUT2D eigenvalue weighted by Gasteiger charge is 2.27. The number of rotatable bonds is 4. The summed E-state index contributed by atoms with van der Waals surface area (Å²) < 4.78 is 23.6. The van der Waals surface area contributed by atoms with E-state index in [0.717, 1.165) is 13.1 Å². The molecular weight excluding hydrogens is 190 g/mol. The van der Waals surface area contributed by atoms with E-state index in [2.05, 4.69) is 5.32 Å². The number of hydrogen-bond acceptors (Lipinski definition) is 3. The van der Waals surface area contributed by atoms with Gasteiger partial charge in [-0.25, -0.2) is 5.14 Å². The Balaban J connectivity index is 2.57. The van der Waals surface area contributed by atoms with Crippen LogP contribution < -0.4 is 10.5 Å². The van der Waals surface area contributed by atoms with Crippen LogP contribution in [0.25, 0.3) is 0 Å². The first kappa shape index (κ1) is 10.9. The molecule has 0 aromatic carbocycles. The Bertz CT molecular complexity index is 259. The fraction of sp³-hybridized carbons (Fsp3) is 1.00. The molecule has 0 amide bonds. The maximum atomic E-state index is 11.1. The molecular formula is C7H17N3O2S. The second kappa shape index (κ2) is 3.91. The van der Waals surface area contributed by atoms with Crippen LogP contribution in [0.4, 0.5) is 0 Å². The van der Waals surface area contributed by atoms with Gasteiger partial charge in [-0.05, 0) is 19.8 Å². The Labute approximate surface area is 79.5 Å². The first-order valence-electron chi connectivity index (χ1n) is 4.41. The van der Waals surface area contributed by atoms with E-state index in [4.69, 9.17) is 5.14 Å². The highest BCUT2D eigenvalue weighted by molar-refractivity contribution is 7.86. The fourth-order valence-corrected chi connectivity index (χ4v) is 2.35. The third-order valence-corrected chi connectivity index (χ3v) is 3.43. The summed E-state index contributed by atoms with van der Waals surface area (Å²) in [5, 5.41) is 8.18. The van der Waals surface area contributed by atoms with Crippen molar-refractivity contribution in [1.82, 2.24) is 9.62 Å². The van der Waals surface area contributed by atoms with Gasteiger partial charge in [-0.1, -0.05) is 0 Å². The molecule has 1 fully saturated rings. The molecule has 0 spiro atoms. The van der Waals surface area contributed by atoms with Crippen molar-refractivity contribution >= 4 is 10.2 Å². The van der Waals surface area contributed by atoms with Gasteiger partial charge in [-0.15, -0.1) is 0 Å². The first-order valence-corrected chi connectivity index (χ1v) is 5.92. The molecule has 1 rings (SSSR count). The Kier molecular flexibility index (Phi) is 3.28. The summed E-state index contributed by atoms with van der Waals surface area (Å²) in [6, 6.07) is -0.0596. The summed E-state index contributed by atoms with van der Waals surface area (Å²) in [6.45, 7) is 5.97. The molecule has 0 saturated carbocycles. The maximum Gasteiger partial charge on any atom is 0.277 e. The van der Waals surface area contributed by atoms with Crippen LogP contribution in [0.15, 0.2) is 0 Å². The summed E-state index contributed by atoms with van der Waals surface area (Å²) in [6.07, 6.45) is 0. The van der Waals surface area contributed by atoms with Gasteiger partial charge in [-0.3, -0.25) is 0 Å². The van der Waals surface area contributed by atoms with Crippen molar-refractivity contribution < 1.29 is 8.42 Å². The van der Waals surface area contributed by atoms with Gasteiger partial charge in [0.05, 0.1) is 0 Å². The molecule has 0 unspecified atom stereocenters. The summed E-state index contributed by atoms with van der Waals surface area (Å²) in [5.41, 5.74) is 0. The van der Waals surface area contributed by atoms with Crippen molar-refractivity contribution in [2.45, 2.75) is 19.9 Å². The molecule has 0 radical (unpaired) electrons. The van der Waals surface area contributed by atoms with E-state index in [1.807, 2.05) is 13.8 Å². The number of nitrogens with two attached hydrogens (primary N) is 1. The molecule has 1 saturated heterocycles. The molecule has 78 valence electrons. The van der Waals surface area contributed by atoms with Crippen LogP contribution in [-0.4, -0.2) is 38.4 Å². The average molecular weight is 207 g/mol. The lowest BCUT2D eigenvalue weighted by molar-refractivity contribution is 0.244. The highest BCUT2D eigenvalue weighted by atomic mass is 32.2. The predicted molar refractivity (Wildman–Crippen MR) is 51.3 cm³/mol. The molecule has 1 aliphatic heterocycles. The minimum Gasteiger partial charge on any atom is -0.316 e. The van der Waals surface area contributed by atoms with Gasteiger partial charge in [0, 0.05) is 25.7 Å². The van der Waals surface area contributed by atoms with Crippen molar-refractivity contribution in [2.24, 2.45) is 11.1 Å². The van der Waals surface area contributed by atoms with Crippen molar-refractivity contribution in [3.05, 3.63) is 0 Å². The van der Waals surface area contributed by atoms with E-state index in [-0.39, 0.29) is 6.04 Å². The minimum atomic E-state index is -3.53. The van der Waals surface area contributed by atoms with E-state index in [0.29, 0.717) is 12.5 Å². The quantitative estimate of drug-likeness (QED) is 0.628. The first-order chi connectivity index (χ1) is 5.91. The third-order valence-electron chi connectivity index (χ3n) is 2.21. The standard InChI is InChI=1S/C7H17N3O2S/c1-6(2)10(13(8,11)12)5-7-3-9-4-7/h6-7,9H,3-5H2,1-2H3,(H2,8,11,12). The lowest BCUT2D eigenvalue weighted by Gasteiger charge is -2.33. The van der Waals surface area contributed by atoms with E-state index in [9.17, 15) is 8.42 Å². The van der Waals surface area contributed by atoms with Gasteiger partial charge in [-0.2, -0.15) is 12.7 Å².